The molecule has 0 fully saturated rings. The third-order valence-electron chi connectivity index (χ3n) is 3.17. The summed E-state index contributed by atoms with van der Waals surface area (Å²) in [6, 6.07) is 0. The van der Waals surface area contributed by atoms with Crippen molar-refractivity contribution in [3.63, 3.8) is 0 Å². The Morgan fingerprint density at radius 3 is 2.16 bits per heavy atom. The van der Waals surface area contributed by atoms with Gasteiger partial charge in [0.25, 0.3) is 0 Å². The Labute approximate surface area is 119 Å². The summed E-state index contributed by atoms with van der Waals surface area (Å²) in [5, 5.41) is 0. The molecular weight excluding hydrogens is 240 g/mol. The molecule has 0 spiro atoms. The second-order valence-electron chi connectivity index (χ2n) is 6.92. The van der Waals surface area contributed by atoms with Gasteiger partial charge in [-0.05, 0) is 52.9 Å². The number of carbonyl (C=O) groups is 1. The van der Waals surface area contributed by atoms with Crippen LogP contribution in [0.1, 0.15) is 74.1 Å². The number of ether oxygens (including phenoxy) is 2. The molecule has 0 aliphatic heterocycles. The molecule has 0 aromatic rings. The van der Waals surface area contributed by atoms with Crippen LogP contribution >= 0.6 is 0 Å². The molecule has 0 radical (unpaired) electrons. The van der Waals surface area contributed by atoms with E-state index in [4.69, 9.17) is 9.47 Å². The molecule has 3 nitrogen and oxygen atoms in total. The maximum Gasteiger partial charge on any atom is 0.306 e. The third kappa shape index (κ3) is 9.94. The van der Waals surface area contributed by atoms with E-state index in [-0.39, 0.29) is 11.6 Å². The first kappa shape index (κ1) is 18.4. The fourth-order valence-electron chi connectivity index (χ4n) is 1.65. The van der Waals surface area contributed by atoms with Crippen molar-refractivity contribution in [1.29, 1.82) is 0 Å². The second-order valence-corrected chi connectivity index (χ2v) is 6.92. The van der Waals surface area contributed by atoms with Crippen LogP contribution in [0, 0.1) is 5.92 Å². The van der Waals surface area contributed by atoms with Crippen LogP contribution in [0.5, 0.6) is 0 Å². The molecule has 0 aliphatic carbocycles. The number of esters is 1. The van der Waals surface area contributed by atoms with Gasteiger partial charge in [-0.15, -0.1) is 0 Å². The molecular formula is C16H32O3. The summed E-state index contributed by atoms with van der Waals surface area (Å²) in [7, 11) is 0. The average molecular weight is 272 g/mol. The normalized spacial score (nSPS) is 15.4. The Morgan fingerprint density at radius 1 is 1.16 bits per heavy atom. The van der Waals surface area contributed by atoms with E-state index in [1.54, 1.807) is 0 Å². The zero-order valence-electron chi connectivity index (χ0n) is 13.8. The van der Waals surface area contributed by atoms with Gasteiger partial charge in [-0.25, -0.2) is 0 Å². The fraction of sp³-hybridized carbons (Fsp3) is 0.938. The molecule has 0 aliphatic rings. The van der Waals surface area contributed by atoms with Crippen molar-refractivity contribution >= 4 is 5.97 Å². The summed E-state index contributed by atoms with van der Waals surface area (Å²) in [6.45, 7) is 15.0. The van der Waals surface area contributed by atoms with Crippen LogP contribution in [0.25, 0.3) is 0 Å². The summed E-state index contributed by atoms with van der Waals surface area (Å²) in [5.41, 5.74) is -0.621. The minimum absolute atomic E-state index is 0.139. The van der Waals surface area contributed by atoms with Crippen LogP contribution < -0.4 is 0 Å². The minimum atomic E-state index is -0.405. The second kappa shape index (κ2) is 7.88. The summed E-state index contributed by atoms with van der Waals surface area (Å²) < 4.78 is 11.3. The molecule has 0 aromatic heterocycles. The van der Waals surface area contributed by atoms with Crippen LogP contribution in [0.4, 0.5) is 0 Å². The molecule has 0 aromatic carbocycles. The van der Waals surface area contributed by atoms with Crippen molar-refractivity contribution < 1.29 is 14.3 Å². The molecule has 0 saturated heterocycles. The van der Waals surface area contributed by atoms with Crippen molar-refractivity contribution in [2.75, 3.05) is 6.61 Å². The van der Waals surface area contributed by atoms with Gasteiger partial charge in [0.1, 0.15) is 5.60 Å². The first-order valence-corrected chi connectivity index (χ1v) is 7.44. The van der Waals surface area contributed by atoms with Gasteiger partial charge in [0.2, 0.25) is 0 Å². The third-order valence-corrected chi connectivity index (χ3v) is 3.17. The maximum absolute atomic E-state index is 11.7. The van der Waals surface area contributed by atoms with E-state index in [0.29, 0.717) is 12.3 Å². The lowest BCUT2D eigenvalue weighted by Crippen LogP contribution is -2.31. The first-order valence-electron chi connectivity index (χ1n) is 7.44. The summed E-state index contributed by atoms with van der Waals surface area (Å²) in [4.78, 5) is 11.7. The Morgan fingerprint density at radius 2 is 1.74 bits per heavy atom. The number of hydrogen-bond acceptors (Lipinski definition) is 3. The number of carbonyl (C=O) groups excluding carboxylic acids is 1. The highest BCUT2D eigenvalue weighted by molar-refractivity contribution is 5.69. The molecule has 0 amide bonds. The van der Waals surface area contributed by atoms with E-state index < -0.39 is 5.60 Å². The van der Waals surface area contributed by atoms with Gasteiger partial charge in [-0.2, -0.15) is 0 Å². The van der Waals surface area contributed by atoms with Crippen molar-refractivity contribution in [2.24, 2.45) is 5.92 Å². The van der Waals surface area contributed by atoms with Gasteiger partial charge in [0, 0.05) is 13.0 Å². The average Bonchev–Trinajstić information content (AvgIpc) is 2.24. The van der Waals surface area contributed by atoms with Crippen LogP contribution in [0.15, 0.2) is 0 Å². The molecule has 0 saturated carbocycles. The largest absolute Gasteiger partial charge is 0.460 e. The van der Waals surface area contributed by atoms with Crippen LogP contribution in [-0.4, -0.2) is 23.8 Å². The van der Waals surface area contributed by atoms with Crippen molar-refractivity contribution in [2.45, 2.75) is 85.4 Å². The highest BCUT2D eigenvalue weighted by atomic mass is 16.6. The zero-order valence-corrected chi connectivity index (χ0v) is 13.8. The molecule has 19 heavy (non-hydrogen) atoms. The highest BCUT2D eigenvalue weighted by Gasteiger charge is 2.25. The van der Waals surface area contributed by atoms with Gasteiger partial charge in [-0.1, -0.05) is 20.8 Å². The van der Waals surface area contributed by atoms with Crippen molar-refractivity contribution in [3.05, 3.63) is 0 Å². The maximum atomic E-state index is 11.7. The van der Waals surface area contributed by atoms with E-state index >= 15 is 0 Å². The molecule has 114 valence electrons. The Kier molecular flexibility index (Phi) is 7.65. The predicted octanol–water partition coefficient (Wildman–Crippen LogP) is 4.34. The molecule has 0 rings (SSSR count). The Hall–Kier alpha value is -0.570. The monoisotopic (exact) mass is 272 g/mol. The van der Waals surface area contributed by atoms with E-state index in [2.05, 4.69) is 27.7 Å². The van der Waals surface area contributed by atoms with Gasteiger partial charge >= 0.3 is 5.97 Å². The smallest absolute Gasteiger partial charge is 0.306 e. The summed E-state index contributed by atoms with van der Waals surface area (Å²) in [6.07, 6.45) is 3.11. The summed E-state index contributed by atoms with van der Waals surface area (Å²) >= 11 is 0. The molecule has 0 heterocycles. The minimum Gasteiger partial charge on any atom is -0.460 e. The fourth-order valence-corrected chi connectivity index (χ4v) is 1.65. The van der Waals surface area contributed by atoms with Gasteiger partial charge in [0.15, 0.2) is 0 Å². The predicted molar refractivity (Wildman–Crippen MR) is 79.2 cm³/mol. The Bertz CT molecular complexity index is 266. The highest BCUT2D eigenvalue weighted by Crippen LogP contribution is 2.23. The van der Waals surface area contributed by atoms with E-state index in [1.807, 2.05) is 20.8 Å². The topological polar surface area (TPSA) is 35.5 Å². The molecule has 1 atom stereocenters. The SMILES string of the molecule is CCC(C)(CCC(=O)OC(C)(C)C)OCCC(C)C. The molecule has 1 unspecified atom stereocenters. The first-order chi connectivity index (χ1) is 8.58. The standard InChI is InChI=1S/C16H32O3/c1-8-16(7,18-12-10-13(2)3)11-9-14(17)19-15(4,5)6/h13H,8-12H2,1-7H3. The lowest BCUT2D eigenvalue weighted by atomic mass is 9.96. The zero-order chi connectivity index (χ0) is 15.1. The van der Waals surface area contributed by atoms with Crippen LogP contribution in [0.2, 0.25) is 0 Å². The molecule has 0 bridgehead atoms. The lowest BCUT2D eigenvalue weighted by Gasteiger charge is -2.29. The summed E-state index contributed by atoms with van der Waals surface area (Å²) in [5.74, 6) is 0.506. The van der Waals surface area contributed by atoms with E-state index in [1.165, 1.54) is 0 Å². The van der Waals surface area contributed by atoms with Gasteiger partial charge in [0.05, 0.1) is 5.60 Å². The van der Waals surface area contributed by atoms with Crippen LogP contribution in [0.3, 0.4) is 0 Å². The molecule has 3 heteroatoms. The van der Waals surface area contributed by atoms with Gasteiger partial charge in [-0.3, -0.25) is 4.79 Å². The Balaban J connectivity index is 4.13. The molecule has 0 N–H and O–H groups in total. The van der Waals surface area contributed by atoms with E-state index in [9.17, 15) is 4.79 Å². The number of rotatable bonds is 8. The lowest BCUT2D eigenvalue weighted by molar-refractivity contribution is -0.156. The quantitative estimate of drug-likeness (QED) is 0.617. The number of hydrogen-bond donors (Lipinski definition) is 0. The van der Waals surface area contributed by atoms with Crippen molar-refractivity contribution in [1.82, 2.24) is 0 Å². The van der Waals surface area contributed by atoms with E-state index in [0.717, 1.165) is 25.9 Å². The van der Waals surface area contributed by atoms with Crippen LogP contribution in [-0.2, 0) is 14.3 Å². The van der Waals surface area contributed by atoms with Gasteiger partial charge < -0.3 is 9.47 Å². The van der Waals surface area contributed by atoms with Crippen molar-refractivity contribution in [3.8, 4) is 0 Å².